The van der Waals surface area contributed by atoms with Crippen LogP contribution in [0.25, 0.3) is 0 Å². The third-order valence-corrected chi connectivity index (χ3v) is 3.82. The Bertz CT molecular complexity index is 711. The first-order chi connectivity index (χ1) is 10.9. The van der Waals surface area contributed by atoms with E-state index in [4.69, 9.17) is 4.42 Å². The number of likely N-dealkylation sites (N-methyl/N-ethyl adjacent to an activating group) is 1. The molecule has 0 aliphatic heterocycles. The Balaban J connectivity index is 1.95. The average molecular weight is 379 g/mol. The predicted octanol–water partition coefficient (Wildman–Crippen LogP) is 3.13. The highest BCUT2D eigenvalue weighted by atomic mass is 79.9. The van der Waals surface area contributed by atoms with Crippen LogP contribution in [-0.4, -0.2) is 29.8 Å². The highest BCUT2D eigenvalue weighted by Crippen LogP contribution is 2.15. The topological polar surface area (TPSA) is 62.6 Å². The van der Waals surface area contributed by atoms with Crippen LogP contribution < -0.4 is 5.32 Å². The molecule has 0 aliphatic rings. The molecule has 6 heteroatoms. The molecule has 23 heavy (non-hydrogen) atoms. The van der Waals surface area contributed by atoms with Crippen molar-refractivity contribution in [2.24, 2.45) is 0 Å². The van der Waals surface area contributed by atoms with Gasteiger partial charge in [0.2, 0.25) is 5.91 Å². The second-order valence-electron chi connectivity index (χ2n) is 5.46. The molecule has 0 saturated heterocycles. The van der Waals surface area contributed by atoms with Gasteiger partial charge in [-0.2, -0.15) is 0 Å². The maximum atomic E-state index is 12.3. The number of aryl methyl sites for hydroxylation is 1. The number of rotatable bonds is 5. The van der Waals surface area contributed by atoms with Crippen molar-refractivity contribution in [1.82, 2.24) is 10.2 Å². The molecule has 0 aliphatic carbocycles. The summed E-state index contributed by atoms with van der Waals surface area (Å²) in [5.74, 6) is 0.229. The lowest BCUT2D eigenvalue weighted by Crippen LogP contribution is -2.45. The highest BCUT2D eigenvalue weighted by Gasteiger charge is 2.21. The molecule has 0 spiro atoms. The first kappa shape index (κ1) is 17.3. The molecular formula is C17H19BrN2O3. The van der Waals surface area contributed by atoms with Crippen LogP contribution in [0.2, 0.25) is 0 Å². The lowest BCUT2D eigenvalue weighted by Gasteiger charge is -2.21. The van der Waals surface area contributed by atoms with Gasteiger partial charge < -0.3 is 14.6 Å². The molecule has 1 aromatic heterocycles. The molecule has 0 fully saturated rings. The van der Waals surface area contributed by atoms with E-state index >= 15 is 0 Å². The van der Waals surface area contributed by atoms with Gasteiger partial charge in [-0.25, -0.2) is 0 Å². The van der Waals surface area contributed by atoms with Crippen molar-refractivity contribution in [2.45, 2.75) is 26.4 Å². The number of furan rings is 1. The third-order valence-electron chi connectivity index (χ3n) is 3.40. The summed E-state index contributed by atoms with van der Waals surface area (Å²) in [4.78, 5) is 26.1. The first-order valence-corrected chi connectivity index (χ1v) is 8.03. The Morgan fingerprint density at radius 1 is 1.30 bits per heavy atom. The van der Waals surface area contributed by atoms with Crippen molar-refractivity contribution in [3.8, 4) is 0 Å². The molecule has 1 aromatic carbocycles. The summed E-state index contributed by atoms with van der Waals surface area (Å²) in [7, 11) is 1.67. The molecule has 0 saturated carbocycles. The van der Waals surface area contributed by atoms with Gasteiger partial charge in [-0.1, -0.05) is 17.7 Å². The number of carbonyl (C=O) groups excluding carboxylic acids is 2. The van der Waals surface area contributed by atoms with Crippen molar-refractivity contribution in [3.63, 3.8) is 0 Å². The maximum absolute atomic E-state index is 12.3. The van der Waals surface area contributed by atoms with Gasteiger partial charge in [-0.05, 0) is 54.0 Å². The molecular weight excluding hydrogens is 360 g/mol. The van der Waals surface area contributed by atoms with Crippen LogP contribution in [-0.2, 0) is 11.3 Å². The van der Waals surface area contributed by atoms with Crippen LogP contribution in [0, 0.1) is 6.92 Å². The number of amides is 2. The average Bonchev–Trinajstić information content (AvgIpc) is 2.91. The summed E-state index contributed by atoms with van der Waals surface area (Å²) >= 11 is 3.23. The molecule has 2 amide bonds. The lowest BCUT2D eigenvalue weighted by molar-refractivity contribution is -0.132. The van der Waals surface area contributed by atoms with E-state index in [-0.39, 0.29) is 11.8 Å². The summed E-state index contributed by atoms with van der Waals surface area (Å²) < 4.78 is 6.00. The van der Waals surface area contributed by atoms with E-state index in [0.717, 1.165) is 5.56 Å². The summed E-state index contributed by atoms with van der Waals surface area (Å²) in [5.41, 5.74) is 1.54. The minimum Gasteiger partial charge on any atom is -0.452 e. The molecule has 2 aromatic rings. The zero-order valence-electron chi connectivity index (χ0n) is 13.3. The summed E-state index contributed by atoms with van der Waals surface area (Å²) in [6, 6.07) is 10.2. The first-order valence-electron chi connectivity index (χ1n) is 7.23. The fraction of sp³-hybridized carbons (Fsp3) is 0.294. The van der Waals surface area contributed by atoms with Crippen LogP contribution in [0.15, 0.2) is 45.5 Å². The van der Waals surface area contributed by atoms with Crippen LogP contribution in [0.4, 0.5) is 0 Å². The number of halogens is 1. The Morgan fingerprint density at radius 2 is 2.04 bits per heavy atom. The maximum Gasteiger partial charge on any atom is 0.251 e. The third kappa shape index (κ3) is 4.69. The molecule has 5 nitrogen and oxygen atoms in total. The SMILES string of the molecule is Cc1cccc(C(=O)NC(C)C(=O)N(C)Cc2ccc(Br)o2)c1. The number of carbonyl (C=O) groups is 2. The second-order valence-corrected chi connectivity index (χ2v) is 6.25. The number of nitrogens with zero attached hydrogens (tertiary/aromatic N) is 1. The van der Waals surface area contributed by atoms with Crippen LogP contribution in [0.3, 0.4) is 0 Å². The molecule has 1 heterocycles. The molecule has 122 valence electrons. The van der Waals surface area contributed by atoms with E-state index < -0.39 is 6.04 Å². The van der Waals surface area contributed by atoms with Gasteiger partial charge in [0, 0.05) is 12.6 Å². The Labute approximate surface area is 143 Å². The standard InChI is InChI=1S/C17H19BrN2O3/c1-11-5-4-6-13(9-11)16(21)19-12(2)17(22)20(3)10-14-7-8-15(18)23-14/h4-9,12H,10H2,1-3H3,(H,19,21). The monoisotopic (exact) mass is 378 g/mol. The Kier molecular flexibility index (Phi) is 5.60. The summed E-state index contributed by atoms with van der Waals surface area (Å²) in [6.07, 6.45) is 0. The minimum atomic E-state index is -0.619. The van der Waals surface area contributed by atoms with Gasteiger partial charge in [-0.3, -0.25) is 9.59 Å². The van der Waals surface area contributed by atoms with E-state index in [1.165, 1.54) is 4.90 Å². The molecule has 1 atom stereocenters. The van der Waals surface area contributed by atoms with E-state index in [2.05, 4.69) is 21.2 Å². The zero-order valence-corrected chi connectivity index (χ0v) is 14.9. The normalized spacial score (nSPS) is 11.8. The number of nitrogens with one attached hydrogen (secondary N) is 1. The Hall–Kier alpha value is -2.08. The van der Waals surface area contributed by atoms with E-state index in [0.29, 0.717) is 22.5 Å². The minimum absolute atomic E-state index is 0.182. The van der Waals surface area contributed by atoms with Gasteiger partial charge >= 0.3 is 0 Å². The van der Waals surface area contributed by atoms with Gasteiger partial charge in [-0.15, -0.1) is 0 Å². The molecule has 0 radical (unpaired) electrons. The smallest absolute Gasteiger partial charge is 0.251 e. The fourth-order valence-corrected chi connectivity index (χ4v) is 2.55. The fourth-order valence-electron chi connectivity index (χ4n) is 2.21. The van der Waals surface area contributed by atoms with Crippen LogP contribution >= 0.6 is 15.9 Å². The van der Waals surface area contributed by atoms with Crippen molar-refractivity contribution >= 4 is 27.7 Å². The van der Waals surface area contributed by atoms with Crippen molar-refractivity contribution in [2.75, 3.05) is 7.05 Å². The van der Waals surface area contributed by atoms with E-state index in [1.54, 1.807) is 38.2 Å². The second kappa shape index (κ2) is 7.46. The number of hydrogen-bond acceptors (Lipinski definition) is 3. The zero-order chi connectivity index (χ0) is 17.0. The lowest BCUT2D eigenvalue weighted by atomic mass is 10.1. The van der Waals surface area contributed by atoms with Gasteiger partial charge in [0.05, 0.1) is 6.54 Å². The van der Waals surface area contributed by atoms with E-state index in [1.807, 2.05) is 19.1 Å². The van der Waals surface area contributed by atoms with Crippen LogP contribution in [0.1, 0.15) is 28.6 Å². The molecule has 1 N–H and O–H groups in total. The molecule has 2 rings (SSSR count). The van der Waals surface area contributed by atoms with Gasteiger partial charge in [0.1, 0.15) is 11.8 Å². The quantitative estimate of drug-likeness (QED) is 0.868. The largest absolute Gasteiger partial charge is 0.452 e. The highest BCUT2D eigenvalue weighted by molar-refractivity contribution is 9.10. The van der Waals surface area contributed by atoms with Gasteiger partial charge in [0.25, 0.3) is 5.91 Å². The number of hydrogen-bond donors (Lipinski definition) is 1. The van der Waals surface area contributed by atoms with Crippen molar-refractivity contribution in [1.29, 1.82) is 0 Å². The molecule has 0 bridgehead atoms. The number of benzene rings is 1. The summed E-state index contributed by atoms with van der Waals surface area (Å²) in [5, 5.41) is 2.73. The predicted molar refractivity (Wildman–Crippen MR) is 91.0 cm³/mol. The Morgan fingerprint density at radius 3 is 2.65 bits per heavy atom. The van der Waals surface area contributed by atoms with E-state index in [9.17, 15) is 9.59 Å². The van der Waals surface area contributed by atoms with Crippen LogP contribution in [0.5, 0.6) is 0 Å². The molecule has 1 unspecified atom stereocenters. The van der Waals surface area contributed by atoms with Gasteiger partial charge in [0.15, 0.2) is 4.67 Å². The van der Waals surface area contributed by atoms with Crippen molar-refractivity contribution in [3.05, 3.63) is 58.0 Å². The summed E-state index contributed by atoms with van der Waals surface area (Å²) in [6.45, 7) is 3.93. The van der Waals surface area contributed by atoms with Crippen molar-refractivity contribution < 1.29 is 14.0 Å².